The van der Waals surface area contributed by atoms with Gasteiger partial charge in [-0.3, -0.25) is 0 Å². The molecule has 1 saturated heterocycles. The smallest absolute Gasteiger partial charge is 0.172 e. The molecule has 1 heterocycles. The summed E-state index contributed by atoms with van der Waals surface area (Å²) in [5.41, 5.74) is -0.757. The molecule has 82 valence electrons. The van der Waals surface area contributed by atoms with Gasteiger partial charge >= 0.3 is 0 Å². The predicted molar refractivity (Wildman–Crippen MR) is 52.6 cm³/mol. The quantitative estimate of drug-likeness (QED) is 0.750. The van der Waals surface area contributed by atoms with Gasteiger partial charge in [-0.1, -0.05) is 0 Å². The summed E-state index contributed by atoms with van der Waals surface area (Å²) in [7, 11) is 0. The number of rotatable bonds is 1. The molecule has 0 aliphatic carbocycles. The molecule has 0 amide bonds. The van der Waals surface area contributed by atoms with Gasteiger partial charge in [-0.15, -0.1) is 0 Å². The van der Waals surface area contributed by atoms with Crippen LogP contribution in [0.15, 0.2) is 12.1 Å². The maximum Gasteiger partial charge on any atom is 0.172 e. The van der Waals surface area contributed by atoms with Gasteiger partial charge in [-0.05, 0) is 38.4 Å². The second kappa shape index (κ2) is 3.45. The molecule has 1 unspecified atom stereocenters. The SMILES string of the molecule is CC1(c2c(F)ccc(O)c2F)CCCN1. The minimum atomic E-state index is -0.855. The van der Waals surface area contributed by atoms with E-state index < -0.39 is 22.9 Å². The minimum absolute atomic E-state index is 0.0556. The largest absolute Gasteiger partial charge is 0.505 e. The van der Waals surface area contributed by atoms with Crippen molar-refractivity contribution in [1.82, 2.24) is 5.32 Å². The summed E-state index contributed by atoms with van der Waals surface area (Å²) in [5.74, 6) is -1.96. The molecule has 2 N–H and O–H groups in total. The Morgan fingerprint density at radius 3 is 2.73 bits per heavy atom. The highest BCUT2D eigenvalue weighted by atomic mass is 19.1. The van der Waals surface area contributed by atoms with Crippen molar-refractivity contribution in [3.8, 4) is 5.75 Å². The number of aromatic hydroxyl groups is 1. The zero-order valence-electron chi connectivity index (χ0n) is 8.48. The summed E-state index contributed by atoms with van der Waals surface area (Å²) in [4.78, 5) is 0. The lowest BCUT2D eigenvalue weighted by atomic mass is 9.89. The Morgan fingerprint density at radius 2 is 2.13 bits per heavy atom. The molecular formula is C11H13F2NO. The minimum Gasteiger partial charge on any atom is -0.505 e. The zero-order chi connectivity index (χ0) is 11.1. The van der Waals surface area contributed by atoms with Crippen LogP contribution in [-0.2, 0) is 5.54 Å². The molecule has 2 rings (SSSR count). The summed E-state index contributed by atoms with van der Waals surface area (Å²) in [6, 6.07) is 2.13. The Balaban J connectivity index is 2.55. The summed E-state index contributed by atoms with van der Waals surface area (Å²) < 4.78 is 27.2. The molecule has 2 nitrogen and oxygen atoms in total. The highest BCUT2D eigenvalue weighted by Crippen LogP contribution is 2.36. The van der Waals surface area contributed by atoms with Crippen LogP contribution >= 0.6 is 0 Å². The fourth-order valence-corrected chi connectivity index (χ4v) is 2.16. The van der Waals surface area contributed by atoms with E-state index in [0.29, 0.717) is 6.42 Å². The zero-order valence-corrected chi connectivity index (χ0v) is 8.48. The number of benzene rings is 1. The summed E-state index contributed by atoms with van der Waals surface area (Å²) >= 11 is 0. The van der Waals surface area contributed by atoms with Crippen LogP contribution < -0.4 is 5.32 Å². The van der Waals surface area contributed by atoms with Crippen LogP contribution in [0.5, 0.6) is 5.75 Å². The third-order valence-corrected chi connectivity index (χ3v) is 2.99. The maximum absolute atomic E-state index is 13.6. The Hall–Kier alpha value is -1.16. The van der Waals surface area contributed by atoms with Crippen LogP contribution in [-0.4, -0.2) is 11.7 Å². The van der Waals surface area contributed by atoms with Crippen LogP contribution in [0.2, 0.25) is 0 Å². The van der Waals surface area contributed by atoms with Gasteiger partial charge in [0.15, 0.2) is 11.6 Å². The highest BCUT2D eigenvalue weighted by molar-refractivity contribution is 5.36. The summed E-state index contributed by atoms with van der Waals surface area (Å²) in [5, 5.41) is 12.3. The van der Waals surface area contributed by atoms with Crippen LogP contribution in [0.25, 0.3) is 0 Å². The highest BCUT2D eigenvalue weighted by Gasteiger charge is 2.36. The van der Waals surface area contributed by atoms with E-state index >= 15 is 0 Å². The number of halogens is 2. The van der Waals surface area contributed by atoms with E-state index in [9.17, 15) is 13.9 Å². The third-order valence-electron chi connectivity index (χ3n) is 2.99. The van der Waals surface area contributed by atoms with Crippen molar-refractivity contribution in [1.29, 1.82) is 0 Å². The average Bonchev–Trinajstić information content (AvgIpc) is 2.60. The number of hydrogen-bond donors (Lipinski definition) is 2. The number of phenols is 1. The van der Waals surface area contributed by atoms with Crippen molar-refractivity contribution in [2.45, 2.75) is 25.3 Å². The van der Waals surface area contributed by atoms with Crippen molar-refractivity contribution in [3.05, 3.63) is 29.3 Å². The second-order valence-corrected chi connectivity index (χ2v) is 4.12. The predicted octanol–water partition coefficient (Wildman–Crippen LogP) is 2.27. The van der Waals surface area contributed by atoms with E-state index in [4.69, 9.17) is 0 Å². The fraction of sp³-hybridized carbons (Fsp3) is 0.455. The first kappa shape index (κ1) is 10.4. The molecule has 1 aliphatic heterocycles. The first-order chi connectivity index (χ1) is 7.04. The third kappa shape index (κ3) is 1.59. The van der Waals surface area contributed by atoms with Crippen LogP contribution in [0.1, 0.15) is 25.3 Å². The molecule has 0 spiro atoms. The molecule has 0 radical (unpaired) electrons. The normalized spacial score (nSPS) is 25.8. The van der Waals surface area contributed by atoms with E-state index in [0.717, 1.165) is 25.1 Å². The van der Waals surface area contributed by atoms with Gasteiger partial charge in [-0.2, -0.15) is 0 Å². The molecule has 1 aromatic rings. The molecule has 0 bridgehead atoms. The lowest BCUT2D eigenvalue weighted by molar-refractivity contribution is 0.364. The van der Waals surface area contributed by atoms with Crippen molar-refractivity contribution in [3.63, 3.8) is 0 Å². The van der Waals surface area contributed by atoms with Gasteiger partial charge in [0.05, 0.1) is 0 Å². The van der Waals surface area contributed by atoms with Gasteiger partial charge < -0.3 is 10.4 Å². The molecule has 1 aromatic carbocycles. The first-order valence-electron chi connectivity index (χ1n) is 4.97. The Morgan fingerprint density at radius 1 is 1.40 bits per heavy atom. The van der Waals surface area contributed by atoms with Gasteiger partial charge in [-0.25, -0.2) is 8.78 Å². The van der Waals surface area contributed by atoms with Crippen molar-refractivity contribution >= 4 is 0 Å². The lowest BCUT2D eigenvalue weighted by Gasteiger charge is -2.26. The van der Waals surface area contributed by atoms with Gasteiger partial charge in [0, 0.05) is 11.1 Å². The molecule has 0 aromatic heterocycles. The van der Waals surface area contributed by atoms with E-state index in [1.807, 2.05) is 0 Å². The van der Waals surface area contributed by atoms with Gasteiger partial charge in [0.2, 0.25) is 0 Å². The Labute approximate surface area is 86.9 Å². The molecule has 1 atom stereocenters. The molecule has 15 heavy (non-hydrogen) atoms. The Bertz CT molecular complexity index is 386. The van der Waals surface area contributed by atoms with E-state index in [1.165, 1.54) is 0 Å². The van der Waals surface area contributed by atoms with Crippen molar-refractivity contribution in [2.75, 3.05) is 6.54 Å². The summed E-state index contributed by atoms with van der Waals surface area (Å²) in [6.07, 6.45) is 1.55. The topological polar surface area (TPSA) is 32.3 Å². The van der Waals surface area contributed by atoms with Crippen molar-refractivity contribution in [2.24, 2.45) is 0 Å². The second-order valence-electron chi connectivity index (χ2n) is 4.12. The molecular weight excluding hydrogens is 200 g/mol. The Kier molecular flexibility index (Phi) is 2.38. The number of hydrogen-bond acceptors (Lipinski definition) is 2. The standard InChI is InChI=1S/C11H13F2NO/c1-11(5-2-6-14-11)9-7(12)3-4-8(15)10(9)13/h3-4,14-15H,2,5-6H2,1H3. The molecule has 0 saturated carbocycles. The van der Waals surface area contributed by atoms with E-state index in [-0.39, 0.29) is 5.56 Å². The van der Waals surface area contributed by atoms with Crippen molar-refractivity contribution < 1.29 is 13.9 Å². The molecule has 1 aliphatic rings. The monoisotopic (exact) mass is 213 g/mol. The lowest BCUT2D eigenvalue weighted by Crippen LogP contribution is -2.35. The average molecular weight is 213 g/mol. The van der Waals surface area contributed by atoms with Gasteiger partial charge in [0.25, 0.3) is 0 Å². The molecule has 4 heteroatoms. The van der Waals surface area contributed by atoms with E-state index in [2.05, 4.69) is 5.32 Å². The van der Waals surface area contributed by atoms with Crippen LogP contribution in [0.4, 0.5) is 8.78 Å². The van der Waals surface area contributed by atoms with Crippen LogP contribution in [0.3, 0.4) is 0 Å². The maximum atomic E-state index is 13.6. The summed E-state index contributed by atoms with van der Waals surface area (Å²) in [6.45, 7) is 2.49. The number of nitrogens with one attached hydrogen (secondary N) is 1. The first-order valence-corrected chi connectivity index (χ1v) is 4.97. The number of phenolic OH excluding ortho intramolecular Hbond substituents is 1. The van der Waals surface area contributed by atoms with Gasteiger partial charge in [0.1, 0.15) is 5.82 Å². The van der Waals surface area contributed by atoms with E-state index in [1.54, 1.807) is 6.92 Å². The molecule has 1 fully saturated rings. The fourth-order valence-electron chi connectivity index (χ4n) is 2.16. The van der Waals surface area contributed by atoms with Crippen LogP contribution in [0, 0.1) is 11.6 Å².